The summed E-state index contributed by atoms with van der Waals surface area (Å²) in [5.41, 5.74) is -0.121. The molecule has 0 aromatic heterocycles. The van der Waals surface area contributed by atoms with Gasteiger partial charge in [0.05, 0.1) is 13.2 Å². The van der Waals surface area contributed by atoms with Crippen LogP contribution in [0, 0.1) is 0 Å². The third-order valence-electron chi connectivity index (χ3n) is 7.20. The molecule has 2 amide bonds. The third kappa shape index (κ3) is 8.46. The number of para-hydroxylation sites is 1. The molecular weight excluding hydrogens is 482 g/mol. The van der Waals surface area contributed by atoms with Gasteiger partial charge in [-0.1, -0.05) is 36.8 Å². The molecule has 0 unspecified atom stereocenters. The predicted molar refractivity (Wildman–Crippen MR) is 146 cm³/mol. The molecule has 38 heavy (non-hydrogen) atoms. The number of rotatable bonds is 10. The number of hydrogen-bond donors (Lipinski definition) is 1. The topological polar surface area (TPSA) is 82.6 Å². The van der Waals surface area contributed by atoms with Gasteiger partial charge in [-0.2, -0.15) is 0 Å². The lowest BCUT2D eigenvalue weighted by Crippen LogP contribution is -2.51. The molecule has 2 aliphatic heterocycles. The standard InChI is InChI=1S/C30H41N3O5/c1-25(34)33-18-17-31(22-30(36,23-33)24-38-27-11-4-2-5-12-27)21-26-10-8-13-28(20-26)37-19-9-16-32-15-7-3-6-14-29(32)35/h2,4-5,8,10-13,20,36H,3,6-7,9,14-19,21-24H2,1H3/t30-/m0/s1. The number of benzene rings is 2. The van der Waals surface area contributed by atoms with Crippen LogP contribution in [0.4, 0.5) is 0 Å². The number of likely N-dealkylation sites (tertiary alicyclic amines) is 1. The average molecular weight is 524 g/mol. The average Bonchev–Trinajstić information content (AvgIpc) is 3.22. The number of nitrogens with zero attached hydrogens (tertiary/aromatic N) is 3. The van der Waals surface area contributed by atoms with Crippen LogP contribution in [-0.4, -0.2) is 89.7 Å². The highest BCUT2D eigenvalue weighted by Crippen LogP contribution is 2.21. The van der Waals surface area contributed by atoms with Gasteiger partial charge in [0, 0.05) is 52.6 Å². The molecule has 0 radical (unpaired) electrons. The molecule has 0 bridgehead atoms. The second-order valence-electron chi connectivity index (χ2n) is 10.5. The Bertz CT molecular complexity index is 1050. The first-order valence-electron chi connectivity index (χ1n) is 13.8. The van der Waals surface area contributed by atoms with Crippen molar-refractivity contribution in [3.8, 4) is 11.5 Å². The number of β-amino-alcohol motifs (C(OH)–C–C–N with tert-alkyl or cyclic N) is 1. The molecule has 2 fully saturated rings. The van der Waals surface area contributed by atoms with Gasteiger partial charge < -0.3 is 24.4 Å². The summed E-state index contributed by atoms with van der Waals surface area (Å²) in [7, 11) is 0. The van der Waals surface area contributed by atoms with Gasteiger partial charge in [-0.05, 0) is 49.1 Å². The number of aliphatic hydroxyl groups is 1. The summed E-state index contributed by atoms with van der Waals surface area (Å²) in [5, 5.41) is 11.5. The van der Waals surface area contributed by atoms with Gasteiger partial charge in [-0.3, -0.25) is 14.5 Å². The molecule has 8 nitrogen and oxygen atoms in total. The van der Waals surface area contributed by atoms with Crippen molar-refractivity contribution in [2.75, 3.05) is 52.5 Å². The second kappa shape index (κ2) is 13.6. The Labute approximate surface area is 226 Å². The summed E-state index contributed by atoms with van der Waals surface area (Å²) in [5.74, 6) is 1.70. The van der Waals surface area contributed by atoms with E-state index in [0.29, 0.717) is 45.0 Å². The Morgan fingerprint density at radius 1 is 0.947 bits per heavy atom. The fourth-order valence-electron chi connectivity index (χ4n) is 5.18. The Balaban J connectivity index is 1.32. The molecule has 206 valence electrons. The van der Waals surface area contributed by atoms with Gasteiger partial charge in [0.25, 0.3) is 0 Å². The van der Waals surface area contributed by atoms with Crippen LogP contribution in [0.25, 0.3) is 0 Å². The largest absolute Gasteiger partial charge is 0.494 e. The lowest BCUT2D eigenvalue weighted by molar-refractivity contribution is -0.132. The molecular formula is C30H41N3O5. The normalized spacial score (nSPS) is 21.1. The van der Waals surface area contributed by atoms with Crippen LogP contribution < -0.4 is 9.47 Å². The van der Waals surface area contributed by atoms with E-state index in [9.17, 15) is 14.7 Å². The smallest absolute Gasteiger partial charge is 0.222 e. The highest BCUT2D eigenvalue weighted by Gasteiger charge is 2.37. The van der Waals surface area contributed by atoms with E-state index in [1.165, 1.54) is 6.92 Å². The molecule has 1 N–H and O–H groups in total. The van der Waals surface area contributed by atoms with Crippen LogP contribution in [0.2, 0.25) is 0 Å². The van der Waals surface area contributed by atoms with Gasteiger partial charge in [0.2, 0.25) is 11.8 Å². The monoisotopic (exact) mass is 523 g/mol. The zero-order valence-corrected chi connectivity index (χ0v) is 22.5. The van der Waals surface area contributed by atoms with Crippen LogP contribution in [0.3, 0.4) is 0 Å². The number of amides is 2. The lowest BCUT2D eigenvalue weighted by atomic mass is 10.0. The minimum atomic E-state index is -1.20. The van der Waals surface area contributed by atoms with Gasteiger partial charge in [-0.25, -0.2) is 0 Å². The first kappa shape index (κ1) is 27.9. The van der Waals surface area contributed by atoms with Crippen LogP contribution in [-0.2, 0) is 16.1 Å². The first-order chi connectivity index (χ1) is 18.4. The molecule has 2 saturated heterocycles. The summed E-state index contributed by atoms with van der Waals surface area (Å²) < 4.78 is 11.9. The number of hydrogen-bond acceptors (Lipinski definition) is 6. The van der Waals surface area contributed by atoms with Crippen LogP contribution in [0.15, 0.2) is 54.6 Å². The molecule has 2 aromatic carbocycles. The maximum atomic E-state index is 12.2. The first-order valence-corrected chi connectivity index (χ1v) is 13.8. The fourth-order valence-corrected chi connectivity index (χ4v) is 5.18. The Kier molecular flexibility index (Phi) is 10.0. The van der Waals surface area contributed by atoms with E-state index in [1.54, 1.807) is 4.90 Å². The maximum absolute atomic E-state index is 12.2. The van der Waals surface area contributed by atoms with Crippen molar-refractivity contribution >= 4 is 11.8 Å². The minimum absolute atomic E-state index is 0.0535. The Hall–Kier alpha value is -3.10. The van der Waals surface area contributed by atoms with Crippen molar-refractivity contribution in [1.82, 2.24) is 14.7 Å². The van der Waals surface area contributed by atoms with Crippen LogP contribution in [0.1, 0.15) is 44.6 Å². The summed E-state index contributed by atoms with van der Waals surface area (Å²) >= 11 is 0. The molecule has 1 atom stereocenters. The Morgan fingerprint density at radius 2 is 1.76 bits per heavy atom. The number of carbonyl (C=O) groups excluding carboxylic acids is 2. The molecule has 0 aliphatic carbocycles. The third-order valence-corrected chi connectivity index (χ3v) is 7.20. The molecule has 0 spiro atoms. The van der Waals surface area contributed by atoms with Gasteiger partial charge in [-0.15, -0.1) is 0 Å². The molecule has 0 saturated carbocycles. The summed E-state index contributed by atoms with van der Waals surface area (Å²) in [6.45, 7) is 6.23. The lowest BCUT2D eigenvalue weighted by Gasteiger charge is -2.32. The SMILES string of the molecule is CC(=O)N1CCN(Cc2cccc(OCCCN3CCCCCC3=O)c2)C[C@@](O)(COc2ccccc2)C1. The van der Waals surface area contributed by atoms with Crippen LogP contribution in [0.5, 0.6) is 11.5 Å². The molecule has 8 heteroatoms. The van der Waals surface area contributed by atoms with Crippen molar-refractivity contribution in [3.63, 3.8) is 0 Å². The number of carbonyl (C=O) groups is 2. The van der Waals surface area contributed by atoms with E-state index in [4.69, 9.17) is 9.47 Å². The minimum Gasteiger partial charge on any atom is -0.494 e. The van der Waals surface area contributed by atoms with E-state index in [1.807, 2.05) is 53.4 Å². The summed E-state index contributed by atoms with van der Waals surface area (Å²) in [6.07, 6.45) is 4.68. The number of ether oxygens (including phenoxy) is 2. The second-order valence-corrected chi connectivity index (χ2v) is 10.5. The highest BCUT2D eigenvalue weighted by molar-refractivity contribution is 5.76. The van der Waals surface area contributed by atoms with E-state index in [0.717, 1.165) is 50.1 Å². The van der Waals surface area contributed by atoms with Gasteiger partial charge in [0.1, 0.15) is 23.7 Å². The van der Waals surface area contributed by atoms with Crippen molar-refractivity contribution in [2.45, 2.75) is 51.2 Å². The van der Waals surface area contributed by atoms with Gasteiger partial charge in [0.15, 0.2) is 0 Å². The van der Waals surface area contributed by atoms with Crippen molar-refractivity contribution in [2.24, 2.45) is 0 Å². The van der Waals surface area contributed by atoms with Crippen molar-refractivity contribution < 1.29 is 24.2 Å². The van der Waals surface area contributed by atoms with Crippen LogP contribution >= 0.6 is 0 Å². The van der Waals surface area contributed by atoms with Crippen molar-refractivity contribution in [3.05, 3.63) is 60.2 Å². The zero-order valence-electron chi connectivity index (χ0n) is 22.5. The zero-order chi connectivity index (χ0) is 26.8. The maximum Gasteiger partial charge on any atom is 0.222 e. The van der Waals surface area contributed by atoms with Gasteiger partial charge >= 0.3 is 0 Å². The fraction of sp³-hybridized carbons (Fsp3) is 0.533. The van der Waals surface area contributed by atoms with E-state index >= 15 is 0 Å². The highest BCUT2D eigenvalue weighted by atomic mass is 16.5. The molecule has 4 rings (SSSR count). The van der Waals surface area contributed by atoms with Crippen molar-refractivity contribution in [1.29, 1.82) is 0 Å². The quantitative estimate of drug-likeness (QED) is 0.481. The van der Waals surface area contributed by atoms with E-state index in [-0.39, 0.29) is 25.0 Å². The Morgan fingerprint density at radius 3 is 2.58 bits per heavy atom. The van der Waals surface area contributed by atoms with E-state index in [2.05, 4.69) is 11.0 Å². The summed E-state index contributed by atoms with van der Waals surface area (Å²) in [6, 6.07) is 17.4. The predicted octanol–water partition coefficient (Wildman–Crippen LogP) is 3.33. The summed E-state index contributed by atoms with van der Waals surface area (Å²) in [4.78, 5) is 30.2. The molecule has 2 heterocycles. The molecule has 2 aromatic rings. The molecule has 2 aliphatic rings. The van der Waals surface area contributed by atoms with E-state index < -0.39 is 5.60 Å².